The van der Waals surface area contributed by atoms with E-state index in [1.54, 1.807) is 10.9 Å². The summed E-state index contributed by atoms with van der Waals surface area (Å²) in [6.45, 7) is 6.74. The van der Waals surface area contributed by atoms with Crippen LogP contribution in [0.3, 0.4) is 0 Å². The summed E-state index contributed by atoms with van der Waals surface area (Å²) in [6.07, 6.45) is 10.3. The van der Waals surface area contributed by atoms with Gasteiger partial charge in [-0.15, -0.1) is 0 Å². The Labute approximate surface area is 191 Å². The molecule has 9 atom stereocenters. The number of Topliss-reactive ketones (excluding diaryl/α,β-unsaturated/α-hetero) is 1. The smallest absolute Gasteiger partial charge is 0.157 e. The van der Waals surface area contributed by atoms with Crippen molar-refractivity contribution < 1.29 is 15.0 Å². The average Bonchev–Trinajstić information content (AvgIpc) is 3.34. The molecule has 2 N–H and O–H groups in total. The molecule has 1 aromatic heterocycles. The van der Waals surface area contributed by atoms with E-state index in [1.807, 2.05) is 6.92 Å². The van der Waals surface area contributed by atoms with Crippen LogP contribution in [-0.2, 0) is 11.3 Å². The minimum atomic E-state index is -0.554. The first kappa shape index (κ1) is 22.1. The van der Waals surface area contributed by atoms with Crippen molar-refractivity contribution in [2.45, 2.75) is 90.4 Å². The monoisotopic (exact) mass is 439 g/mol. The van der Waals surface area contributed by atoms with Gasteiger partial charge in [-0.05, 0) is 87.4 Å². The minimum absolute atomic E-state index is 0.133. The maximum absolute atomic E-state index is 13.4. The molecule has 0 aromatic carbocycles. The number of hydrogen-bond acceptors (Lipinski definition) is 5. The number of nitriles is 1. The van der Waals surface area contributed by atoms with Crippen LogP contribution in [0.15, 0.2) is 12.4 Å². The topological polar surface area (TPSA) is 99.1 Å². The van der Waals surface area contributed by atoms with Crippen molar-refractivity contribution in [1.82, 2.24) is 9.78 Å². The SMILES string of the molecule is C[C@@]1(O)CC[C@@]2(C)[C@@H](CC[C@@H]3[C@@H]2C[C@@H](O)[C@]2(C)[C@@H](C(=O)Cn4cc(C#N)cn4)CC[C@@H]32)C1. The van der Waals surface area contributed by atoms with Crippen LogP contribution in [0.2, 0.25) is 0 Å². The lowest BCUT2D eigenvalue weighted by atomic mass is 9.43. The zero-order valence-corrected chi connectivity index (χ0v) is 19.6. The van der Waals surface area contributed by atoms with Crippen LogP contribution in [0, 0.1) is 51.8 Å². The summed E-state index contributed by atoms with van der Waals surface area (Å²) in [5.41, 5.74) is -0.294. The third-order valence-corrected chi connectivity index (χ3v) is 10.5. The second kappa shape index (κ2) is 7.40. The largest absolute Gasteiger partial charge is 0.393 e. The highest BCUT2D eigenvalue weighted by molar-refractivity contribution is 5.82. The molecular formula is C26H37N3O3. The quantitative estimate of drug-likeness (QED) is 0.748. The van der Waals surface area contributed by atoms with Gasteiger partial charge < -0.3 is 10.2 Å². The fraction of sp³-hybridized carbons (Fsp3) is 0.808. The summed E-state index contributed by atoms with van der Waals surface area (Å²) in [6, 6.07) is 2.06. The highest BCUT2D eigenvalue weighted by atomic mass is 16.3. The fourth-order valence-corrected chi connectivity index (χ4v) is 8.70. The normalized spacial score (nSPS) is 47.8. The van der Waals surface area contributed by atoms with E-state index in [0.29, 0.717) is 29.2 Å². The van der Waals surface area contributed by atoms with Crippen LogP contribution in [0.25, 0.3) is 0 Å². The van der Waals surface area contributed by atoms with Gasteiger partial charge in [-0.2, -0.15) is 10.4 Å². The Balaban J connectivity index is 1.38. The van der Waals surface area contributed by atoms with E-state index in [-0.39, 0.29) is 29.1 Å². The number of rotatable bonds is 3. The van der Waals surface area contributed by atoms with Crippen LogP contribution in [0.5, 0.6) is 0 Å². The Morgan fingerprint density at radius 3 is 2.72 bits per heavy atom. The number of hydrogen-bond donors (Lipinski definition) is 2. The Morgan fingerprint density at radius 2 is 2.00 bits per heavy atom. The first-order valence-electron chi connectivity index (χ1n) is 12.4. The lowest BCUT2D eigenvalue weighted by molar-refractivity contribution is -0.182. The summed E-state index contributed by atoms with van der Waals surface area (Å²) in [5, 5.41) is 35.4. The minimum Gasteiger partial charge on any atom is -0.393 e. The zero-order chi connectivity index (χ0) is 22.9. The highest BCUT2D eigenvalue weighted by Crippen LogP contribution is 2.68. The molecule has 174 valence electrons. The lowest BCUT2D eigenvalue weighted by Gasteiger charge is -2.62. The van der Waals surface area contributed by atoms with Crippen LogP contribution >= 0.6 is 0 Å². The van der Waals surface area contributed by atoms with Gasteiger partial charge >= 0.3 is 0 Å². The fourth-order valence-electron chi connectivity index (χ4n) is 8.70. The predicted octanol–water partition coefficient (Wildman–Crippen LogP) is 3.70. The van der Waals surface area contributed by atoms with E-state index in [2.05, 4.69) is 25.0 Å². The van der Waals surface area contributed by atoms with Crippen LogP contribution in [-0.4, -0.2) is 37.5 Å². The van der Waals surface area contributed by atoms with Gasteiger partial charge in [-0.1, -0.05) is 13.8 Å². The number of aromatic nitrogens is 2. The van der Waals surface area contributed by atoms with Gasteiger partial charge in [0.25, 0.3) is 0 Å². The molecule has 0 radical (unpaired) electrons. The van der Waals surface area contributed by atoms with E-state index < -0.39 is 11.7 Å². The van der Waals surface area contributed by atoms with E-state index in [9.17, 15) is 15.0 Å². The third kappa shape index (κ3) is 3.19. The molecule has 32 heavy (non-hydrogen) atoms. The molecule has 5 rings (SSSR count). The first-order valence-corrected chi connectivity index (χ1v) is 12.4. The third-order valence-electron chi connectivity index (χ3n) is 10.5. The maximum atomic E-state index is 13.4. The van der Waals surface area contributed by atoms with Crippen molar-refractivity contribution in [3.8, 4) is 6.07 Å². The number of ketones is 1. The van der Waals surface area contributed by atoms with Crippen molar-refractivity contribution in [1.29, 1.82) is 5.26 Å². The molecule has 4 saturated carbocycles. The van der Waals surface area contributed by atoms with Crippen molar-refractivity contribution in [2.75, 3.05) is 0 Å². The molecule has 0 spiro atoms. The summed E-state index contributed by atoms with van der Waals surface area (Å²) in [4.78, 5) is 13.4. The Morgan fingerprint density at radius 1 is 1.22 bits per heavy atom. The molecule has 0 aliphatic heterocycles. The van der Waals surface area contributed by atoms with E-state index in [4.69, 9.17) is 5.26 Å². The van der Waals surface area contributed by atoms with Gasteiger partial charge in [-0.25, -0.2) is 0 Å². The van der Waals surface area contributed by atoms with Crippen molar-refractivity contribution >= 4 is 5.78 Å². The predicted molar refractivity (Wildman–Crippen MR) is 119 cm³/mol. The number of carbonyl (C=O) groups excluding carboxylic acids is 1. The molecule has 4 fully saturated rings. The number of carbonyl (C=O) groups is 1. The second-order valence-corrected chi connectivity index (χ2v) is 12.1. The van der Waals surface area contributed by atoms with E-state index in [0.717, 1.165) is 51.4 Å². The summed E-state index contributed by atoms with van der Waals surface area (Å²) < 4.78 is 1.57. The molecule has 6 heteroatoms. The maximum Gasteiger partial charge on any atom is 0.157 e. The molecule has 0 saturated heterocycles. The van der Waals surface area contributed by atoms with Gasteiger partial charge in [0, 0.05) is 17.5 Å². The van der Waals surface area contributed by atoms with Gasteiger partial charge in [-0.3, -0.25) is 9.48 Å². The van der Waals surface area contributed by atoms with Crippen LogP contribution in [0.4, 0.5) is 0 Å². The average molecular weight is 440 g/mol. The van der Waals surface area contributed by atoms with Crippen molar-refractivity contribution in [2.24, 2.45) is 40.4 Å². The summed E-state index contributed by atoms with van der Waals surface area (Å²) in [5.74, 6) is 1.91. The number of aliphatic hydroxyl groups is 2. The van der Waals surface area contributed by atoms with Gasteiger partial charge in [0.2, 0.25) is 0 Å². The van der Waals surface area contributed by atoms with Crippen molar-refractivity contribution in [3.63, 3.8) is 0 Å². The number of aliphatic hydroxyl groups excluding tert-OH is 1. The zero-order valence-electron chi connectivity index (χ0n) is 19.6. The lowest BCUT2D eigenvalue weighted by Crippen LogP contribution is -2.59. The van der Waals surface area contributed by atoms with Crippen LogP contribution < -0.4 is 0 Å². The Hall–Kier alpha value is -1.71. The first-order chi connectivity index (χ1) is 15.1. The Bertz CT molecular complexity index is 948. The molecular weight excluding hydrogens is 402 g/mol. The van der Waals surface area contributed by atoms with Gasteiger partial charge in [0.05, 0.1) is 30.0 Å². The van der Waals surface area contributed by atoms with Gasteiger partial charge in [0.15, 0.2) is 5.78 Å². The molecule has 1 heterocycles. The molecule has 1 aromatic rings. The van der Waals surface area contributed by atoms with E-state index in [1.165, 1.54) is 6.20 Å². The summed E-state index contributed by atoms with van der Waals surface area (Å²) >= 11 is 0. The van der Waals surface area contributed by atoms with E-state index >= 15 is 0 Å². The number of fused-ring (bicyclic) bond motifs is 5. The van der Waals surface area contributed by atoms with Crippen LogP contribution in [0.1, 0.15) is 77.7 Å². The molecule has 0 amide bonds. The highest BCUT2D eigenvalue weighted by Gasteiger charge is 2.64. The molecule has 4 aliphatic carbocycles. The molecule has 0 bridgehead atoms. The van der Waals surface area contributed by atoms with Gasteiger partial charge in [0.1, 0.15) is 6.07 Å². The second-order valence-electron chi connectivity index (χ2n) is 12.1. The number of nitrogens with zero attached hydrogens (tertiary/aromatic N) is 3. The standard InChI is InChI=1S/C26H37N3O3/c1-24(32)8-9-25(2)17(11-24)4-5-18-19-6-7-20(26(19,3)23(31)10-21(18)25)22(30)15-29-14-16(12-27)13-28-29/h13-14,17-21,23,31-32H,4-11,15H2,1-3H3/t17-,18-,19-,20+,21-,23+,24+,25-,26-/m0/s1. The molecule has 0 unspecified atom stereocenters. The Kier molecular flexibility index (Phi) is 5.11. The summed E-state index contributed by atoms with van der Waals surface area (Å²) in [7, 11) is 0. The van der Waals surface area contributed by atoms with Crippen molar-refractivity contribution in [3.05, 3.63) is 18.0 Å². The molecule has 4 aliphatic rings. The molecule has 6 nitrogen and oxygen atoms in total.